The van der Waals surface area contributed by atoms with Gasteiger partial charge in [-0.1, -0.05) is 31.9 Å². The molecule has 1 fully saturated rings. The van der Waals surface area contributed by atoms with Crippen molar-refractivity contribution in [2.75, 3.05) is 24.7 Å². The molecule has 2 aromatic carbocycles. The van der Waals surface area contributed by atoms with Gasteiger partial charge in [-0.2, -0.15) is 8.78 Å². The van der Waals surface area contributed by atoms with Gasteiger partial charge in [0.2, 0.25) is 0 Å². The first-order chi connectivity index (χ1) is 18.2. The lowest BCUT2D eigenvalue weighted by atomic mass is 9.79. The van der Waals surface area contributed by atoms with E-state index in [0.29, 0.717) is 42.1 Å². The SMILES string of the molecule is CCCC1CCC(C(F)(F)Oc2ccc(C=CC(=O)OCCCOC(=O)c3cc(N)cc(N)c3)cc2)CC1. The molecule has 0 spiro atoms. The third-order valence-electron chi connectivity index (χ3n) is 6.54. The highest BCUT2D eigenvalue weighted by Gasteiger charge is 2.43. The first-order valence-corrected chi connectivity index (χ1v) is 13.0. The third-order valence-corrected chi connectivity index (χ3v) is 6.54. The number of ether oxygens (including phenoxy) is 3. The van der Waals surface area contributed by atoms with Crippen molar-refractivity contribution in [1.82, 2.24) is 0 Å². The summed E-state index contributed by atoms with van der Waals surface area (Å²) in [5.41, 5.74) is 12.9. The molecule has 0 saturated heterocycles. The fourth-order valence-electron chi connectivity index (χ4n) is 4.57. The van der Waals surface area contributed by atoms with Gasteiger partial charge < -0.3 is 25.7 Å². The van der Waals surface area contributed by atoms with Gasteiger partial charge in [0, 0.05) is 23.9 Å². The molecule has 0 atom stereocenters. The van der Waals surface area contributed by atoms with Crippen molar-refractivity contribution in [3.63, 3.8) is 0 Å². The van der Waals surface area contributed by atoms with Crippen LogP contribution in [-0.4, -0.2) is 31.3 Å². The lowest BCUT2D eigenvalue weighted by Gasteiger charge is -2.33. The molecule has 1 aliphatic rings. The molecule has 2 aromatic rings. The molecule has 0 aromatic heterocycles. The van der Waals surface area contributed by atoms with Crippen molar-refractivity contribution < 1.29 is 32.6 Å². The van der Waals surface area contributed by atoms with Gasteiger partial charge in [-0.15, -0.1) is 0 Å². The van der Waals surface area contributed by atoms with Crippen molar-refractivity contribution in [2.24, 2.45) is 11.8 Å². The van der Waals surface area contributed by atoms with Crippen molar-refractivity contribution in [1.29, 1.82) is 0 Å². The zero-order valence-corrected chi connectivity index (χ0v) is 21.7. The number of nitrogens with two attached hydrogens (primary N) is 2. The largest absolute Gasteiger partial charge is 0.462 e. The predicted molar refractivity (Wildman–Crippen MR) is 143 cm³/mol. The summed E-state index contributed by atoms with van der Waals surface area (Å²) in [5.74, 6) is -1.29. The highest BCUT2D eigenvalue weighted by Crippen LogP contribution is 2.41. The Balaban J connectivity index is 1.36. The summed E-state index contributed by atoms with van der Waals surface area (Å²) in [6, 6.07) is 10.6. The summed E-state index contributed by atoms with van der Waals surface area (Å²) in [5, 5.41) is 0. The van der Waals surface area contributed by atoms with Crippen LogP contribution in [0.4, 0.5) is 20.2 Å². The van der Waals surface area contributed by atoms with Crippen molar-refractivity contribution in [3.05, 3.63) is 59.7 Å². The van der Waals surface area contributed by atoms with Crippen LogP contribution in [0, 0.1) is 11.8 Å². The highest BCUT2D eigenvalue weighted by atomic mass is 19.3. The molecule has 1 aliphatic carbocycles. The Labute approximate surface area is 222 Å². The first-order valence-electron chi connectivity index (χ1n) is 13.0. The van der Waals surface area contributed by atoms with E-state index >= 15 is 0 Å². The molecular formula is C29H36F2N2O5. The van der Waals surface area contributed by atoms with E-state index in [9.17, 15) is 18.4 Å². The number of carbonyl (C=O) groups is 2. The van der Waals surface area contributed by atoms with Crippen LogP contribution >= 0.6 is 0 Å². The smallest absolute Gasteiger partial charge is 0.400 e. The van der Waals surface area contributed by atoms with Crippen LogP contribution in [0.3, 0.4) is 0 Å². The molecule has 7 nitrogen and oxygen atoms in total. The van der Waals surface area contributed by atoms with Gasteiger partial charge in [-0.25, -0.2) is 9.59 Å². The summed E-state index contributed by atoms with van der Waals surface area (Å²) in [6.07, 6.45) is 4.62. The minimum Gasteiger partial charge on any atom is -0.462 e. The third kappa shape index (κ3) is 9.04. The molecule has 0 bridgehead atoms. The molecule has 3 rings (SSSR count). The molecule has 4 N–H and O–H groups in total. The van der Waals surface area contributed by atoms with E-state index in [1.807, 2.05) is 0 Å². The van der Waals surface area contributed by atoms with E-state index < -0.39 is 24.0 Å². The van der Waals surface area contributed by atoms with E-state index in [1.165, 1.54) is 42.5 Å². The summed E-state index contributed by atoms with van der Waals surface area (Å²) in [6.45, 7) is 2.23. The normalized spacial score (nSPS) is 17.8. The monoisotopic (exact) mass is 530 g/mol. The van der Waals surface area contributed by atoms with E-state index in [-0.39, 0.29) is 24.5 Å². The first kappa shape index (κ1) is 28.9. The average Bonchev–Trinajstić information content (AvgIpc) is 2.88. The lowest BCUT2D eigenvalue weighted by Crippen LogP contribution is -2.37. The second kappa shape index (κ2) is 13.8. The van der Waals surface area contributed by atoms with E-state index in [4.69, 9.17) is 25.7 Å². The molecule has 206 valence electrons. The molecule has 0 heterocycles. The standard InChI is InChI=1S/C29H36F2N2O5/c1-2-4-20-5-10-23(11-6-20)29(30,31)38-26-12-7-21(8-13-26)9-14-27(34)36-15-3-16-37-28(35)22-17-24(32)19-25(33)18-22/h7-9,12-14,17-20,23H,2-6,10-11,15-16,32-33H2,1H3. The Morgan fingerprint density at radius 2 is 1.61 bits per heavy atom. The maximum Gasteiger partial charge on any atom is 0.400 e. The number of nitrogen functional groups attached to an aromatic ring is 2. The number of esters is 2. The topological polar surface area (TPSA) is 114 Å². The van der Waals surface area contributed by atoms with Crippen LogP contribution in [0.1, 0.15) is 67.8 Å². The number of alkyl halides is 2. The fraction of sp³-hybridized carbons (Fsp3) is 0.448. The number of hydrogen-bond donors (Lipinski definition) is 2. The quantitative estimate of drug-likeness (QED) is 0.145. The molecule has 38 heavy (non-hydrogen) atoms. The fourth-order valence-corrected chi connectivity index (χ4v) is 4.57. The van der Waals surface area contributed by atoms with Crippen molar-refractivity contribution in [3.8, 4) is 5.75 Å². The average molecular weight is 531 g/mol. The zero-order chi connectivity index (χ0) is 27.5. The lowest BCUT2D eigenvalue weighted by molar-refractivity contribution is -0.223. The van der Waals surface area contributed by atoms with Crippen LogP contribution in [0.25, 0.3) is 6.08 Å². The summed E-state index contributed by atoms with van der Waals surface area (Å²) < 4.78 is 44.6. The number of benzene rings is 2. The van der Waals surface area contributed by atoms with Gasteiger partial charge in [-0.05, 0) is 73.6 Å². The van der Waals surface area contributed by atoms with Crippen molar-refractivity contribution >= 4 is 29.4 Å². The molecule has 0 aliphatic heterocycles. The van der Waals surface area contributed by atoms with Crippen molar-refractivity contribution in [2.45, 2.75) is 58.0 Å². The predicted octanol–water partition coefficient (Wildman–Crippen LogP) is 6.23. The van der Waals surface area contributed by atoms with Crippen LogP contribution in [0.5, 0.6) is 5.75 Å². The molecule has 1 saturated carbocycles. The molecule has 0 radical (unpaired) electrons. The summed E-state index contributed by atoms with van der Waals surface area (Å²) in [4.78, 5) is 24.0. The number of halogens is 2. The summed E-state index contributed by atoms with van der Waals surface area (Å²) in [7, 11) is 0. The molecular weight excluding hydrogens is 494 g/mol. The minimum atomic E-state index is -3.21. The van der Waals surface area contributed by atoms with Crippen LogP contribution in [0.2, 0.25) is 0 Å². The van der Waals surface area contributed by atoms with Gasteiger partial charge in [0.25, 0.3) is 0 Å². The van der Waals surface area contributed by atoms with Gasteiger partial charge >= 0.3 is 18.0 Å². The van der Waals surface area contributed by atoms with Gasteiger partial charge in [0.15, 0.2) is 0 Å². The number of rotatable bonds is 12. The zero-order valence-electron chi connectivity index (χ0n) is 21.7. The van der Waals surface area contributed by atoms with Crippen LogP contribution in [-0.2, 0) is 14.3 Å². The maximum absolute atomic E-state index is 14.7. The second-order valence-corrected chi connectivity index (χ2v) is 9.62. The highest BCUT2D eigenvalue weighted by molar-refractivity contribution is 5.91. The Hall–Kier alpha value is -3.62. The summed E-state index contributed by atoms with van der Waals surface area (Å²) >= 11 is 0. The Kier molecular flexibility index (Phi) is 10.5. The van der Waals surface area contributed by atoms with Crippen LogP contribution in [0.15, 0.2) is 48.5 Å². The van der Waals surface area contributed by atoms with Gasteiger partial charge in [0.05, 0.1) is 24.7 Å². The van der Waals surface area contributed by atoms with E-state index in [2.05, 4.69) is 6.92 Å². The van der Waals surface area contributed by atoms with Crippen LogP contribution < -0.4 is 16.2 Å². The Bertz CT molecular complexity index is 1080. The second-order valence-electron chi connectivity index (χ2n) is 9.62. The van der Waals surface area contributed by atoms with E-state index in [0.717, 1.165) is 25.7 Å². The molecule has 9 heteroatoms. The maximum atomic E-state index is 14.7. The molecule has 0 amide bonds. The number of anilines is 2. The number of carbonyl (C=O) groups excluding carboxylic acids is 2. The number of hydrogen-bond acceptors (Lipinski definition) is 7. The van der Waals surface area contributed by atoms with Gasteiger partial charge in [0.1, 0.15) is 5.75 Å². The Morgan fingerprint density at radius 1 is 0.974 bits per heavy atom. The van der Waals surface area contributed by atoms with E-state index in [1.54, 1.807) is 12.1 Å². The van der Waals surface area contributed by atoms with Gasteiger partial charge in [-0.3, -0.25) is 0 Å². The molecule has 0 unspecified atom stereocenters. The Morgan fingerprint density at radius 3 is 2.24 bits per heavy atom. The minimum absolute atomic E-state index is 0.0524.